The van der Waals surface area contributed by atoms with Gasteiger partial charge < -0.3 is 9.64 Å². The van der Waals surface area contributed by atoms with Gasteiger partial charge in [0.2, 0.25) is 0 Å². The van der Waals surface area contributed by atoms with Crippen molar-refractivity contribution in [1.29, 1.82) is 0 Å². The zero-order valence-corrected chi connectivity index (χ0v) is 12.9. The van der Waals surface area contributed by atoms with Crippen LogP contribution in [0.15, 0.2) is 17.0 Å². The lowest BCUT2D eigenvalue weighted by Crippen LogP contribution is -2.34. The van der Waals surface area contributed by atoms with E-state index in [1.807, 2.05) is 14.1 Å². The molecule has 0 fully saturated rings. The Morgan fingerprint density at radius 1 is 1.32 bits per heavy atom. The Labute approximate surface area is 118 Å². The van der Waals surface area contributed by atoms with Crippen molar-refractivity contribution in [2.75, 3.05) is 21.2 Å². The monoisotopic (exact) mass is 303 g/mol. The predicted molar refractivity (Wildman–Crippen MR) is 75.5 cm³/mol. The first-order chi connectivity index (χ1) is 8.84. The molecule has 0 heterocycles. The summed E-state index contributed by atoms with van der Waals surface area (Å²) in [7, 11) is 7.47. The van der Waals surface area contributed by atoms with Crippen LogP contribution in [0.2, 0.25) is 0 Å². The molecule has 1 atom stereocenters. The Kier molecular flexibility index (Phi) is 4.08. The van der Waals surface area contributed by atoms with Crippen molar-refractivity contribution in [1.82, 2.24) is 4.90 Å². The zero-order valence-electron chi connectivity index (χ0n) is 11.3. The predicted octanol–water partition coefficient (Wildman–Crippen LogP) is 2.04. The molecule has 2 rings (SSSR count). The maximum atomic E-state index is 11.6. The molecular formula is C13H18ClNO3S. The number of hydrogen-bond acceptors (Lipinski definition) is 4. The minimum Gasteiger partial charge on any atom is -0.496 e. The van der Waals surface area contributed by atoms with Gasteiger partial charge in [0.25, 0.3) is 9.05 Å². The Bertz CT molecular complexity index is 584. The summed E-state index contributed by atoms with van der Waals surface area (Å²) in [5.41, 5.74) is 1.78. The fourth-order valence-corrected chi connectivity index (χ4v) is 3.84. The average Bonchev–Trinajstić information content (AvgIpc) is 2.35. The summed E-state index contributed by atoms with van der Waals surface area (Å²) in [6.07, 6.45) is 2.41. The van der Waals surface area contributed by atoms with E-state index in [1.165, 1.54) is 6.07 Å². The molecule has 0 bridgehead atoms. The molecule has 0 saturated carbocycles. The van der Waals surface area contributed by atoms with Crippen LogP contribution in [-0.2, 0) is 21.9 Å². The second-order valence-electron chi connectivity index (χ2n) is 5.02. The van der Waals surface area contributed by atoms with Crippen molar-refractivity contribution < 1.29 is 13.2 Å². The van der Waals surface area contributed by atoms with Gasteiger partial charge in [-0.25, -0.2) is 8.42 Å². The van der Waals surface area contributed by atoms with Crippen molar-refractivity contribution in [2.45, 2.75) is 30.2 Å². The van der Waals surface area contributed by atoms with Crippen molar-refractivity contribution >= 4 is 19.7 Å². The van der Waals surface area contributed by atoms with E-state index in [-0.39, 0.29) is 4.90 Å². The average molecular weight is 304 g/mol. The van der Waals surface area contributed by atoms with Crippen LogP contribution in [0.5, 0.6) is 5.75 Å². The van der Waals surface area contributed by atoms with Crippen molar-refractivity contribution in [3.05, 3.63) is 23.3 Å². The van der Waals surface area contributed by atoms with Crippen LogP contribution >= 0.6 is 10.7 Å². The topological polar surface area (TPSA) is 46.6 Å². The van der Waals surface area contributed by atoms with E-state index < -0.39 is 9.05 Å². The number of benzene rings is 1. The molecule has 1 aromatic rings. The first kappa shape index (κ1) is 14.6. The van der Waals surface area contributed by atoms with E-state index >= 15 is 0 Å². The molecule has 0 spiro atoms. The van der Waals surface area contributed by atoms with E-state index in [9.17, 15) is 8.42 Å². The molecule has 1 aliphatic carbocycles. The minimum atomic E-state index is -3.70. The minimum absolute atomic E-state index is 0.224. The van der Waals surface area contributed by atoms with Crippen LogP contribution in [0.25, 0.3) is 0 Å². The lowest BCUT2D eigenvalue weighted by Gasteiger charge is -2.31. The quantitative estimate of drug-likeness (QED) is 0.802. The number of halogens is 1. The van der Waals surface area contributed by atoms with Crippen LogP contribution < -0.4 is 4.74 Å². The maximum Gasteiger partial charge on any atom is 0.261 e. The van der Waals surface area contributed by atoms with Crippen molar-refractivity contribution in [2.24, 2.45) is 0 Å². The third kappa shape index (κ3) is 2.88. The molecule has 0 aliphatic heterocycles. The van der Waals surface area contributed by atoms with E-state index in [4.69, 9.17) is 15.4 Å². The smallest absolute Gasteiger partial charge is 0.261 e. The highest BCUT2D eigenvalue weighted by molar-refractivity contribution is 8.13. The molecule has 1 aromatic carbocycles. The number of rotatable bonds is 3. The van der Waals surface area contributed by atoms with Crippen LogP contribution in [-0.4, -0.2) is 40.6 Å². The summed E-state index contributed by atoms with van der Waals surface area (Å²) in [5, 5.41) is 0. The first-order valence-electron chi connectivity index (χ1n) is 6.14. The third-order valence-electron chi connectivity index (χ3n) is 3.73. The summed E-state index contributed by atoms with van der Waals surface area (Å²) in [4.78, 5) is 2.38. The third-order valence-corrected chi connectivity index (χ3v) is 5.13. The number of likely N-dealkylation sites (N-methyl/N-ethyl adjacent to an activating group) is 1. The van der Waals surface area contributed by atoms with E-state index in [1.54, 1.807) is 13.2 Å². The van der Waals surface area contributed by atoms with Gasteiger partial charge in [0.05, 0.1) is 12.0 Å². The van der Waals surface area contributed by atoms with Gasteiger partial charge >= 0.3 is 0 Å². The fourth-order valence-electron chi connectivity index (χ4n) is 2.66. The molecular weight excluding hydrogens is 286 g/mol. The van der Waals surface area contributed by atoms with Crippen LogP contribution in [0.3, 0.4) is 0 Å². The highest BCUT2D eigenvalue weighted by Gasteiger charge is 2.28. The van der Waals surface area contributed by atoms with Gasteiger partial charge in [0.15, 0.2) is 0 Å². The zero-order chi connectivity index (χ0) is 14.2. The van der Waals surface area contributed by atoms with E-state index in [0.717, 1.165) is 29.7 Å². The van der Waals surface area contributed by atoms with E-state index in [0.29, 0.717) is 12.5 Å². The molecule has 0 amide bonds. The summed E-state index contributed by atoms with van der Waals surface area (Å²) < 4.78 is 28.6. The van der Waals surface area contributed by atoms with Gasteiger partial charge in [0, 0.05) is 22.3 Å². The maximum absolute atomic E-state index is 11.6. The van der Waals surface area contributed by atoms with Gasteiger partial charge in [-0.3, -0.25) is 0 Å². The SMILES string of the molecule is COc1ccc(S(=O)(=O)Cl)c2c1C[C@H](N(C)C)CC2. The summed E-state index contributed by atoms with van der Waals surface area (Å²) in [6, 6.07) is 3.62. The Hall–Kier alpha value is -0.780. The standard InChI is InChI=1S/C13H18ClNO3S/c1-15(2)9-4-5-10-11(8-9)12(18-3)6-7-13(10)19(14,16)17/h6-7,9H,4-5,8H2,1-3H3/t9-/m1/s1. The summed E-state index contributed by atoms with van der Waals surface area (Å²) in [6.45, 7) is 0. The highest BCUT2D eigenvalue weighted by Crippen LogP contribution is 2.36. The van der Waals surface area contributed by atoms with E-state index in [2.05, 4.69) is 4.90 Å². The molecule has 0 unspecified atom stereocenters. The normalized spacial score (nSPS) is 19.3. The van der Waals surface area contributed by atoms with Crippen LogP contribution in [0, 0.1) is 0 Å². The Morgan fingerprint density at radius 2 is 2.00 bits per heavy atom. The fraction of sp³-hybridized carbons (Fsp3) is 0.538. The molecule has 0 saturated heterocycles. The molecule has 0 aromatic heterocycles. The van der Waals surface area contributed by atoms with Gasteiger partial charge in [-0.15, -0.1) is 0 Å². The highest BCUT2D eigenvalue weighted by atomic mass is 35.7. The Balaban J connectivity index is 2.55. The molecule has 19 heavy (non-hydrogen) atoms. The molecule has 106 valence electrons. The second-order valence-corrected chi connectivity index (χ2v) is 7.56. The van der Waals surface area contributed by atoms with Crippen LogP contribution in [0.1, 0.15) is 17.5 Å². The number of fused-ring (bicyclic) bond motifs is 1. The number of ether oxygens (including phenoxy) is 1. The lowest BCUT2D eigenvalue weighted by molar-refractivity contribution is 0.263. The first-order valence-corrected chi connectivity index (χ1v) is 8.45. The van der Waals surface area contributed by atoms with Gasteiger partial charge in [0.1, 0.15) is 5.75 Å². The molecule has 1 aliphatic rings. The van der Waals surface area contributed by atoms with Gasteiger partial charge in [-0.2, -0.15) is 0 Å². The molecule has 0 N–H and O–H groups in total. The number of methoxy groups -OCH3 is 1. The summed E-state index contributed by atoms with van der Waals surface area (Å²) in [5.74, 6) is 0.741. The molecule has 6 heteroatoms. The van der Waals surface area contributed by atoms with Crippen LogP contribution in [0.4, 0.5) is 0 Å². The van der Waals surface area contributed by atoms with Crippen molar-refractivity contribution in [3.63, 3.8) is 0 Å². The lowest BCUT2D eigenvalue weighted by atomic mass is 9.87. The number of nitrogens with zero attached hydrogens (tertiary/aromatic N) is 1. The number of hydrogen-bond donors (Lipinski definition) is 0. The van der Waals surface area contributed by atoms with Gasteiger partial charge in [-0.1, -0.05) is 0 Å². The van der Waals surface area contributed by atoms with Gasteiger partial charge in [-0.05, 0) is 51.1 Å². The largest absolute Gasteiger partial charge is 0.496 e. The molecule has 4 nitrogen and oxygen atoms in total. The van der Waals surface area contributed by atoms with Crippen molar-refractivity contribution in [3.8, 4) is 5.75 Å². The summed E-state index contributed by atoms with van der Waals surface area (Å²) >= 11 is 0. The Morgan fingerprint density at radius 3 is 2.53 bits per heavy atom. The second kappa shape index (κ2) is 5.31. The molecule has 0 radical (unpaired) electrons.